The van der Waals surface area contributed by atoms with Gasteiger partial charge in [-0.3, -0.25) is 9.20 Å². The molecule has 1 saturated carbocycles. The molecule has 1 amide bonds. The Morgan fingerprint density at radius 2 is 1.97 bits per heavy atom. The van der Waals surface area contributed by atoms with Crippen LogP contribution in [0.15, 0.2) is 54.9 Å². The lowest BCUT2D eigenvalue weighted by Crippen LogP contribution is -2.43. The molecule has 0 bridgehead atoms. The third-order valence-corrected chi connectivity index (χ3v) is 6.01. The highest BCUT2D eigenvalue weighted by Crippen LogP contribution is 2.33. The van der Waals surface area contributed by atoms with Crippen molar-refractivity contribution in [1.29, 1.82) is 0 Å². The number of aryl methyl sites for hydroxylation is 2. The maximum absolute atomic E-state index is 12.8. The van der Waals surface area contributed by atoms with Gasteiger partial charge < -0.3 is 10.1 Å². The fraction of sp³-hybridized carbons (Fsp3) is 0.280. The number of nitrogens with one attached hydrogen (secondary N) is 1. The average molecular weight is 444 g/mol. The van der Waals surface area contributed by atoms with E-state index in [4.69, 9.17) is 4.74 Å². The number of aromatic nitrogens is 4. The number of nitrogens with zero attached hydrogens (tertiary/aromatic N) is 4. The fourth-order valence-corrected chi connectivity index (χ4v) is 4.17. The Bertz CT molecular complexity index is 1370. The van der Waals surface area contributed by atoms with Crippen LogP contribution in [0, 0.1) is 19.8 Å². The molecule has 0 unspecified atom stereocenters. The molecule has 0 saturated heterocycles. The maximum atomic E-state index is 12.8. The summed E-state index contributed by atoms with van der Waals surface area (Å²) in [7, 11) is 1.34. The summed E-state index contributed by atoms with van der Waals surface area (Å²) in [5.41, 5.74) is 6.00. The monoisotopic (exact) mass is 443 g/mol. The van der Waals surface area contributed by atoms with Crippen LogP contribution in [0.25, 0.3) is 22.6 Å². The first-order valence-electron chi connectivity index (χ1n) is 10.9. The van der Waals surface area contributed by atoms with Gasteiger partial charge in [0.15, 0.2) is 0 Å². The summed E-state index contributed by atoms with van der Waals surface area (Å²) in [5.74, 6) is -0.564. The summed E-state index contributed by atoms with van der Waals surface area (Å²) in [6.07, 6.45) is 5.45. The van der Waals surface area contributed by atoms with Gasteiger partial charge in [0.2, 0.25) is 0 Å². The minimum Gasteiger partial charge on any atom is -0.467 e. The highest BCUT2D eigenvalue weighted by atomic mass is 16.5. The lowest BCUT2D eigenvalue weighted by atomic mass is 10.1. The normalized spacial score (nSPS) is 14.3. The van der Waals surface area contributed by atoms with E-state index in [1.165, 1.54) is 7.11 Å². The summed E-state index contributed by atoms with van der Waals surface area (Å²) >= 11 is 0. The van der Waals surface area contributed by atoms with Crippen LogP contribution in [-0.2, 0) is 9.53 Å². The van der Waals surface area contributed by atoms with E-state index in [1.807, 2.05) is 53.4 Å². The average Bonchev–Trinajstić information content (AvgIpc) is 3.48. The number of fused-ring (bicyclic) bond motifs is 1. The second kappa shape index (κ2) is 8.20. The van der Waals surface area contributed by atoms with Crippen LogP contribution in [-0.4, -0.2) is 44.2 Å². The molecule has 3 heterocycles. The van der Waals surface area contributed by atoms with Gasteiger partial charge in [0.25, 0.3) is 5.91 Å². The SMILES string of the molecule is COC(=O)[C@@H](NC(=O)c1ccn2c(-c3cccc(-n4nc(C)cc4C)c3)cnc2c1)C1CC1. The molecule has 4 aromatic rings. The van der Waals surface area contributed by atoms with Gasteiger partial charge in [0, 0.05) is 23.0 Å². The zero-order valence-electron chi connectivity index (χ0n) is 18.8. The molecule has 1 aromatic carbocycles. The van der Waals surface area contributed by atoms with E-state index in [2.05, 4.69) is 21.5 Å². The highest BCUT2D eigenvalue weighted by molar-refractivity contribution is 5.97. The maximum Gasteiger partial charge on any atom is 0.328 e. The predicted molar refractivity (Wildman–Crippen MR) is 123 cm³/mol. The van der Waals surface area contributed by atoms with Crippen molar-refractivity contribution in [2.45, 2.75) is 32.7 Å². The zero-order valence-corrected chi connectivity index (χ0v) is 18.8. The molecule has 1 fully saturated rings. The van der Waals surface area contributed by atoms with Crippen LogP contribution in [0.2, 0.25) is 0 Å². The summed E-state index contributed by atoms with van der Waals surface area (Å²) in [5, 5.41) is 7.39. The van der Waals surface area contributed by atoms with Crippen LogP contribution in [0.1, 0.15) is 34.6 Å². The van der Waals surface area contributed by atoms with Gasteiger partial charge in [-0.2, -0.15) is 5.10 Å². The molecule has 1 N–H and O–H groups in total. The number of hydrogen-bond acceptors (Lipinski definition) is 5. The Morgan fingerprint density at radius 3 is 2.67 bits per heavy atom. The number of esters is 1. The van der Waals surface area contributed by atoms with Crippen molar-refractivity contribution in [2.24, 2.45) is 5.92 Å². The first-order chi connectivity index (χ1) is 15.9. The smallest absolute Gasteiger partial charge is 0.328 e. The Balaban J connectivity index is 1.43. The second-order valence-corrected chi connectivity index (χ2v) is 8.49. The Kier molecular flexibility index (Phi) is 5.20. The van der Waals surface area contributed by atoms with Gasteiger partial charge in [-0.05, 0) is 62.9 Å². The van der Waals surface area contributed by atoms with E-state index in [9.17, 15) is 9.59 Å². The number of ether oxygens (including phenoxy) is 1. The second-order valence-electron chi connectivity index (χ2n) is 8.49. The van der Waals surface area contributed by atoms with E-state index >= 15 is 0 Å². The van der Waals surface area contributed by atoms with E-state index in [-0.39, 0.29) is 11.8 Å². The Hall–Kier alpha value is -3.94. The van der Waals surface area contributed by atoms with Gasteiger partial charge >= 0.3 is 5.97 Å². The number of pyridine rings is 1. The number of benzene rings is 1. The highest BCUT2D eigenvalue weighted by Gasteiger charge is 2.38. The van der Waals surface area contributed by atoms with Crippen molar-refractivity contribution in [3.63, 3.8) is 0 Å². The van der Waals surface area contributed by atoms with Gasteiger partial charge in [-0.25, -0.2) is 14.5 Å². The van der Waals surface area contributed by atoms with E-state index < -0.39 is 12.0 Å². The van der Waals surface area contributed by atoms with Crippen molar-refractivity contribution in [3.8, 4) is 16.9 Å². The molecule has 33 heavy (non-hydrogen) atoms. The summed E-state index contributed by atoms with van der Waals surface area (Å²) in [6, 6.07) is 13.0. The number of rotatable bonds is 6. The largest absolute Gasteiger partial charge is 0.467 e. The molecule has 5 rings (SSSR count). The van der Waals surface area contributed by atoms with Gasteiger partial charge in [0.1, 0.15) is 11.7 Å². The first-order valence-corrected chi connectivity index (χ1v) is 10.9. The van der Waals surface area contributed by atoms with Crippen LogP contribution < -0.4 is 5.32 Å². The standard InChI is InChI=1S/C25H25N5O3/c1-15-11-16(2)30(28-15)20-6-4-5-18(12-20)21-14-26-22-13-19(9-10-29(21)22)24(31)27-23(17-7-8-17)25(32)33-3/h4-6,9-14,17,23H,7-8H2,1-3H3,(H,27,31)/t23-/m0/s1. The zero-order chi connectivity index (χ0) is 23.1. The minimum absolute atomic E-state index is 0.151. The molecule has 1 aliphatic rings. The number of amides is 1. The van der Waals surface area contributed by atoms with E-state index in [0.29, 0.717) is 11.2 Å². The van der Waals surface area contributed by atoms with Crippen LogP contribution >= 0.6 is 0 Å². The molecule has 0 radical (unpaired) electrons. The van der Waals surface area contributed by atoms with Gasteiger partial charge in [0.05, 0.1) is 30.4 Å². The van der Waals surface area contributed by atoms with Crippen molar-refractivity contribution in [3.05, 3.63) is 71.8 Å². The summed E-state index contributed by atoms with van der Waals surface area (Å²) in [6.45, 7) is 4.01. The van der Waals surface area contributed by atoms with Gasteiger partial charge in [-0.1, -0.05) is 12.1 Å². The quantitative estimate of drug-likeness (QED) is 0.461. The first kappa shape index (κ1) is 20.9. The molecular weight excluding hydrogens is 418 g/mol. The molecule has 0 spiro atoms. The van der Waals surface area contributed by atoms with Crippen LogP contribution in [0.5, 0.6) is 0 Å². The molecule has 168 valence electrons. The van der Waals surface area contributed by atoms with E-state index in [0.717, 1.165) is 41.2 Å². The molecule has 0 aliphatic heterocycles. The van der Waals surface area contributed by atoms with Crippen LogP contribution in [0.3, 0.4) is 0 Å². The Labute approximate surface area is 191 Å². The summed E-state index contributed by atoms with van der Waals surface area (Å²) in [4.78, 5) is 29.3. The van der Waals surface area contributed by atoms with Crippen molar-refractivity contribution in [1.82, 2.24) is 24.5 Å². The molecule has 8 nitrogen and oxygen atoms in total. The molecule has 3 aromatic heterocycles. The third-order valence-electron chi connectivity index (χ3n) is 6.01. The molecule has 1 aliphatic carbocycles. The fourth-order valence-electron chi connectivity index (χ4n) is 4.17. The predicted octanol–water partition coefficient (Wildman–Crippen LogP) is 3.49. The lowest BCUT2D eigenvalue weighted by Gasteiger charge is -2.15. The number of carbonyl (C=O) groups excluding carboxylic acids is 2. The van der Waals surface area contributed by atoms with Crippen molar-refractivity contribution in [2.75, 3.05) is 7.11 Å². The molecule has 1 atom stereocenters. The van der Waals surface area contributed by atoms with Gasteiger partial charge in [-0.15, -0.1) is 0 Å². The van der Waals surface area contributed by atoms with Crippen molar-refractivity contribution >= 4 is 17.5 Å². The lowest BCUT2D eigenvalue weighted by molar-refractivity contribution is -0.143. The van der Waals surface area contributed by atoms with E-state index in [1.54, 1.807) is 18.3 Å². The summed E-state index contributed by atoms with van der Waals surface area (Å²) < 4.78 is 8.71. The van der Waals surface area contributed by atoms with Crippen LogP contribution in [0.4, 0.5) is 0 Å². The topological polar surface area (TPSA) is 90.5 Å². The number of methoxy groups -OCH3 is 1. The Morgan fingerprint density at radius 1 is 1.15 bits per heavy atom. The minimum atomic E-state index is -0.605. The number of carbonyl (C=O) groups is 2. The molecule has 8 heteroatoms. The molecular formula is C25H25N5O3. The third kappa shape index (κ3) is 4.00. The number of hydrogen-bond donors (Lipinski definition) is 1. The number of imidazole rings is 1. The van der Waals surface area contributed by atoms with Crippen molar-refractivity contribution < 1.29 is 14.3 Å².